The number of carbonyl (C=O) groups excluding carboxylic acids is 3. The van der Waals surface area contributed by atoms with E-state index in [1.807, 2.05) is 0 Å². The number of non-ortho nitro benzene ring substituents is 1. The number of esters is 2. The summed E-state index contributed by atoms with van der Waals surface area (Å²) < 4.78 is 32.1. The number of primary sulfonamides is 1. The van der Waals surface area contributed by atoms with Gasteiger partial charge in [0.25, 0.3) is 11.6 Å². The Labute approximate surface area is 188 Å². The van der Waals surface area contributed by atoms with Gasteiger partial charge in [0, 0.05) is 18.7 Å². The summed E-state index contributed by atoms with van der Waals surface area (Å²) in [7, 11) is -3.79. The number of nitro benzene ring substituents is 1. The number of nitrogens with two attached hydrogens (primary N) is 1. The molecule has 1 amide bonds. The van der Waals surface area contributed by atoms with Gasteiger partial charge >= 0.3 is 11.9 Å². The summed E-state index contributed by atoms with van der Waals surface area (Å²) in [4.78, 5) is 46.3. The first-order valence-corrected chi connectivity index (χ1v) is 11.1. The molecule has 0 aliphatic heterocycles. The third-order valence-corrected chi connectivity index (χ3v) is 5.13. The first kappa shape index (κ1) is 25.4. The number of nitro groups is 1. The maximum absolute atomic E-state index is 12.2. The second-order valence-corrected chi connectivity index (χ2v) is 8.17. The van der Waals surface area contributed by atoms with Crippen LogP contribution in [0.25, 0.3) is 0 Å². The van der Waals surface area contributed by atoms with Crippen molar-refractivity contribution in [3.63, 3.8) is 0 Å². The summed E-state index contributed by atoms with van der Waals surface area (Å²) in [5.41, 5.74) is -0.251. The molecule has 0 aliphatic carbocycles. The minimum absolute atomic E-state index is 0.0329. The number of benzene rings is 2. The highest BCUT2D eigenvalue weighted by Crippen LogP contribution is 2.19. The fourth-order valence-corrected chi connectivity index (χ4v) is 3.14. The molecule has 0 radical (unpaired) electrons. The molecule has 0 aliphatic rings. The minimum atomic E-state index is -3.79. The van der Waals surface area contributed by atoms with Crippen LogP contribution in [0.2, 0.25) is 0 Å². The number of nitrogens with zero attached hydrogens (tertiary/aromatic N) is 1. The molecule has 0 heterocycles. The fraction of sp³-hybridized carbons (Fsp3) is 0.250. The van der Waals surface area contributed by atoms with Crippen LogP contribution in [0.4, 0.5) is 5.69 Å². The highest BCUT2D eigenvalue weighted by atomic mass is 32.2. The summed E-state index contributed by atoms with van der Waals surface area (Å²) in [6.45, 7) is 1.12. The zero-order valence-corrected chi connectivity index (χ0v) is 18.3. The molecular weight excluding hydrogens is 458 g/mol. The molecule has 33 heavy (non-hydrogen) atoms. The van der Waals surface area contributed by atoms with Crippen LogP contribution in [-0.4, -0.2) is 50.9 Å². The summed E-state index contributed by atoms with van der Waals surface area (Å²) >= 11 is 0. The second kappa shape index (κ2) is 11.2. The standard InChI is InChI=1S/C20H21N3O9S/c1-2-31-19(25)14-9-15(11-16(10-14)23(27)28)20(26)32-12-18(24)22-8-7-13-3-5-17(6-4-13)33(21,29)30/h3-6,9-11H,2,7-8,12H2,1H3,(H,22,24)(H2,21,29,30). The summed E-state index contributed by atoms with van der Waals surface area (Å²) in [5.74, 6) is -2.50. The Morgan fingerprint density at radius 3 is 2.12 bits per heavy atom. The quantitative estimate of drug-likeness (QED) is 0.284. The number of carbonyl (C=O) groups is 3. The Morgan fingerprint density at radius 1 is 1.03 bits per heavy atom. The molecule has 176 valence electrons. The van der Waals surface area contributed by atoms with E-state index in [1.165, 1.54) is 12.1 Å². The molecule has 13 heteroatoms. The van der Waals surface area contributed by atoms with Gasteiger partial charge in [-0.15, -0.1) is 0 Å². The average Bonchev–Trinajstić information content (AvgIpc) is 2.77. The van der Waals surface area contributed by atoms with E-state index >= 15 is 0 Å². The maximum Gasteiger partial charge on any atom is 0.338 e. The molecule has 3 N–H and O–H groups in total. The van der Waals surface area contributed by atoms with Crippen molar-refractivity contribution in [1.82, 2.24) is 5.32 Å². The SMILES string of the molecule is CCOC(=O)c1cc(C(=O)OCC(=O)NCCc2ccc(S(N)(=O)=O)cc2)cc([N+](=O)[O-])c1. The van der Waals surface area contributed by atoms with Crippen molar-refractivity contribution >= 4 is 33.6 Å². The molecular formula is C20H21N3O9S. The van der Waals surface area contributed by atoms with Gasteiger partial charge in [-0.3, -0.25) is 14.9 Å². The van der Waals surface area contributed by atoms with Crippen LogP contribution < -0.4 is 10.5 Å². The van der Waals surface area contributed by atoms with Crippen LogP contribution in [0.15, 0.2) is 47.4 Å². The van der Waals surface area contributed by atoms with Crippen molar-refractivity contribution in [1.29, 1.82) is 0 Å². The second-order valence-electron chi connectivity index (χ2n) is 6.61. The molecule has 12 nitrogen and oxygen atoms in total. The molecule has 0 aromatic heterocycles. The lowest BCUT2D eigenvalue weighted by Gasteiger charge is -2.08. The summed E-state index contributed by atoms with van der Waals surface area (Å²) in [5, 5.41) is 18.6. The molecule has 2 aromatic rings. The van der Waals surface area contributed by atoms with Crippen molar-refractivity contribution in [2.24, 2.45) is 5.14 Å². The number of hydrogen-bond acceptors (Lipinski definition) is 9. The number of hydrogen-bond donors (Lipinski definition) is 2. The molecule has 2 aromatic carbocycles. The third-order valence-electron chi connectivity index (χ3n) is 4.20. The van der Waals surface area contributed by atoms with E-state index in [4.69, 9.17) is 14.6 Å². The Hall–Kier alpha value is -3.84. The smallest absolute Gasteiger partial charge is 0.338 e. The summed E-state index contributed by atoms with van der Waals surface area (Å²) in [6, 6.07) is 8.77. The van der Waals surface area contributed by atoms with Gasteiger partial charge < -0.3 is 14.8 Å². The predicted molar refractivity (Wildman–Crippen MR) is 114 cm³/mol. The lowest BCUT2D eigenvalue weighted by Crippen LogP contribution is -2.30. The Balaban J connectivity index is 1.91. The van der Waals surface area contributed by atoms with Gasteiger partial charge in [0.05, 0.1) is 27.6 Å². The lowest BCUT2D eigenvalue weighted by atomic mass is 10.1. The van der Waals surface area contributed by atoms with Gasteiger partial charge in [0.2, 0.25) is 10.0 Å². The highest BCUT2D eigenvalue weighted by molar-refractivity contribution is 7.89. The molecule has 0 atom stereocenters. The zero-order valence-electron chi connectivity index (χ0n) is 17.5. The Bertz CT molecular complexity index is 1160. The number of amides is 1. The van der Waals surface area contributed by atoms with E-state index in [1.54, 1.807) is 19.1 Å². The fourth-order valence-electron chi connectivity index (χ4n) is 2.62. The summed E-state index contributed by atoms with van der Waals surface area (Å²) in [6.07, 6.45) is 0.373. The van der Waals surface area contributed by atoms with Crippen molar-refractivity contribution in [2.75, 3.05) is 19.8 Å². The first-order valence-electron chi connectivity index (χ1n) is 9.53. The van der Waals surface area contributed by atoms with Crippen molar-refractivity contribution in [3.05, 3.63) is 69.3 Å². The molecule has 2 rings (SSSR count). The monoisotopic (exact) mass is 479 g/mol. The van der Waals surface area contributed by atoms with Crippen LogP contribution in [-0.2, 0) is 30.7 Å². The van der Waals surface area contributed by atoms with E-state index in [2.05, 4.69) is 5.32 Å². The van der Waals surface area contributed by atoms with Crippen molar-refractivity contribution in [3.8, 4) is 0 Å². The minimum Gasteiger partial charge on any atom is -0.462 e. The van der Waals surface area contributed by atoms with E-state index in [0.29, 0.717) is 6.42 Å². The normalized spacial score (nSPS) is 10.8. The number of ether oxygens (including phenoxy) is 2. The number of rotatable bonds is 10. The van der Waals surface area contributed by atoms with Crippen LogP contribution in [0, 0.1) is 10.1 Å². The van der Waals surface area contributed by atoms with Crippen molar-refractivity contribution < 1.29 is 37.2 Å². The lowest BCUT2D eigenvalue weighted by molar-refractivity contribution is -0.384. The van der Waals surface area contributed by atoms with Gasteiger partial charge in [-0.05, 0) is 37.1 Å². The Kier molecular flexibility index (Phi) is 8.59. The van der Waals surface area contributed by atoms with Crippen LogP contribution in [0.5, 0.6) is 0 Å². The van der Waals surface area contributed by atoms with E-state index < -0.39 is 45.1 Å². The predicted octanol–water partition coefficient (Wildman–Crippen LogP) is 0.935. The van der Waals surface area contributed by atoms with Gasteiger partial charge in [0.1, 0.15) is 0 Å². The highest BCUT2D eigenvalue weighted by Gasteiger charge is 2.20. The van der Waals surface area contributed by atoms with Crippen LogP contribution in [0.1, 0.15) is 33.2 Å². The maximum atomic E-state index is 12.2. The molecule has 0 saturated carbocycles. The van der Waals surface area contributed by atoms with Gasteiger partial charge in [-0.1, -0.05) is 12.1 Å². The molecule has 0 fully saturated rings. The topological polar surface area (TPSA) is 185 Å². The first-order chi connectivity index (χ1) is 15.5. The zero-order chi connectivity index (χ0) is 24.6. The van der Waals surface area contributed by atoms with Crippen molar-refractivity contribution in [2.45, 2.75) is 18.2 Å². The molecule has 0 spiro atoms. The largest absolute Gasteiger partial charge is 0.462 e. The molecule has 0 saturated heterocycles. The third kappa shape index (κ3) is 7.66. The van der Waals surface area contributed by atoms with E-state index in [9.17, 15) is 32.9 Å². The van der Waals surface area contributed by atoms with Gasteiger partial charge in [-0.2, -0.15) is 0 Å². The van der Waals surface area contributed by atoms with E-state index in [0.717, 1.165) is 23.8 Å². The van der Waals surface area contributed by atoms with E-state index in [-0.39, 0.29) is 29.2 Å². The van der Waals surface area contributed by atoms with Crippen LogP contribution in [0.3, 0.4) is 0 Å². The molecule has 0 unspecified atom stereocenters. The number of sulfonamides is 1. The van der Waals surface area contributed by atoms with Crippen LogP contribution >= 0.6 is 0 Å². The van der Waals surface area contributed by atoms with Gasteiger partial charge in [0.15, 0.2) is 6.61 Å². The average molecular weight is 479 g/mol. The molecule has 0 bridgehead atoms. The van der Waals surface area contributed by atoms with Gasteiger partial charge in [-0.25, -0.2) is 23.1 Å². The Morgan fingerprint density at radius 2 is 1.61 bits per heavy atom. The number of nitrogens with one attached hydrogen (secondary N) is 1.